The Hall–Kier alpha value is -1.65. The summed E-state index contributed by atoms with van der Waals surface area (Å²) in [6, 6.07) is 11.2. The van der Waals surface area contributed by atoms with Crippen LogP contribution in [0.2, 0.25) is 5.02 Å². The molecule has 2 heterocycles. The quantitative estimate of drug-likeness (QED) is 0.782. The van der Waals surface area contributed by atoms with Crippen molar-refractivity contribution in [3.8, 4) is 0 Å². The summed E-state index contributed by atoms with van der Waals surface area (Å²) < 4.78 is 0. The number of thiophene rings is 1. The van der Waals surface area contributed by atoms with Crippen molar-refractivity contribution in [2.45, 2.75) is 19.3 Å². The van der Waals surface area contributed by atoms with E-state index in [0.717, 1.165) is 23.3 Å². The van der Waals surface area contributed by atoms with Crippen molar-refractivity contribution in [3.05, 3.63) is 57.2 Å². The maximum atomic E-state index is 12.4. The highest BCUT2D eigenvalue weighted by Gasteiger charge is 2.28. The van der Waals surface area contributed by atoms with Crippen molar-refractivity contribution in [1.82, 2.24) is 4.90 Å². The van der Waals surface area contributed by atoms with Crippen LogP contribution < -0.4 is 0 Å². The molecule has 0 N–H and O–H groups in total. The molecular weight excluding hydrogens is 330 g/mol. The van der Waals surface area contributed by atoms with Crippen molar-refractivity contribution < 1.29 is 9.59 Å². The molecule has 1 aliphatic rings. The normalized spacial score (nSPS) is 15.6. The topological polar surface area (TPSA) is 37.4 Å². The maximum Gasteiger partial charge on any atom is 0.226 e. The number of carbonyl (C=O) groups excluding carboxylic acids is 2. The van der Waals surface area contributed by atoms with Crippen molar-refractivity contribution >= 4 is 34.6 Å². The van der Waals surface area contributed by atoms with Crippen molar-refractivity contribution in [3.63, 3.8) is 0 Å². The number of carbonyl (C=O) groups is 2. The summed E-state index contributed by atoms with van der Waals surface area (Å²) >= 11 is 7.35. The van der Waals surface area contributed by atoms with Crippen molar-refractivity contribution in [1.29, 1.82) is 0 Å². The molecule has 0 aliphatic carbocycles. The first kappa shape index (κ1) is 16.2. The number of nitrogens with zero attached hydrogens (tertiary/aromatic N) is 1. The first-order chi connectivity index (χ1) is 11.1. The van der Waals surface area contributed by atoms with Gasteiger partial charge < -0.3 is 4.90 Å². The van der Waals surface area contributed by atoms with Crippen LogP contribution in [0.5, 0.6) is 0 Å². The van der Waals surface area contributed by atoms with Crippen molar-refractivity contribution in [2.24, 2.45) is 5.92 Å². The monoisotopic (exact) mass is 347 g/mol. The molecule has 1 saturated heterocycles. The molecule has 0 radical (unpaired) electrons. The zero-order chi connectivity index (χ0) is 16.2. The Morgan fingerprint density at radius 2 is 1.83 bits per heavy atom. The number of Topliss-reactive ketones (excluding diaryl/α,β-unsaturated/α-hetero) is 1. The van der Waals surface area contributed by atoms with Gasteiger partial charge in [0.05, 0.1) is 11.3 Å². The summed E-state index contributed by atoms with van der Waals surface area (Å²) in [7, 11) is 0. The first-order valence-electron chi connectivity index (χ1n) is 7.73. The molecule has 3 rings (SSSR count). The van der Waals surface area contributed by atoms with Gasteiger partial charge in [-0.1, -0.05) is 29.8 Å². The van der Waals surface area contributed by atoms with E-state index in [0.29, 0.717) is 24.5 Å². The van der Waals surface area contributed by atoms with E-state index < -0.39 is 0 Å². The van der Waals surface area contributed by atoms with Crippen LogP contribution in [0.1, 0.15) is 28.1 Å². The molecule has 1 aliphatic heterocycles. The molecule has 0 atom stereocenters. The second kappa shape index (κ2) is 7.28. The lowest BCUT2D eigenvalue weighted by Gasteiger charge is -2.31. The van der Waals surface area contributed by atoms with Gasteiger partial charge in [0.2, 0.25) is 5.91 Å². The smallest absolute Gasteiger partial charge is 0.226 e. The molecule has 1 aromatic carbocycles. The standard InChI is InChI=1S/C18H18ClNO2S/c19-15-5-3-13(4-6-15)12-17(21)20-9-7-14(8-10-20)18(22)16-2-1-11-23-16/h1-6,11,14H,7-10,12H2. The number of ketones is 1. The van der Waals surface area contributed by atoms with Gasteiger partial charge in [0.1, 0.15) is 0 Å². The van der Waals surface area contributed by atoms with Crippen LogP contribution in [0, 0.1) is 5.92 Å². The van der Waals surface area contributed by atoms with Crippen LogP contribution in [0.15, 0.2) is 41.8 Å². The summed E-state index contributed by atoms with van der Waals surface area (Å²) in [6.07, 6.45) is 1.90. The van der Waals surface area contributed by atoms with Gasteiger partial charge in [-0.25, -0.2) is 0 Å². The first-order valence-corrected chi connectivity index (χ1v) is 8.99. The predicted molar refractivity (Wildman–Crippen MR) is 93.1 cm³/mol. The molecule has 23 heavy (non-hydrogen) atoms. The predicted octanol–water partition coefficient (Wildman–Crippen LogP) is 4.07. The average Bonchev–Trinajstić information content (AvgIpc) is 3.11. The number of halogens is 1. The van der Waals surface area contributed by atoms with Gasteiger partial charge in [-0.3, -0.25) is 9.59 Å². The lowest BCUT2D eigenvalue weighted by molar-refractivity contribution is -0.131. The van der Waals surface area contributed by atoms with E-state index in [2.05, 4.69) is 0 Å². The van der Waals surface area contributed by atoms with Crippen molar-refractivity contribution in [2.75, 3.05) is 13.1 Å². The minimum Gasteiger partial charge on any atom is -0.342 e. The molecule has 120 valence electrons. The van der Waals surface area contributed by atoms with E-state index in [1.165, 1.54) is 11.3 Å². The Balaban J connectivity index is 1.53. The zero-order valence-corrected chi connectivity index (χ0v) is 14.3. The second-order valence-corrected chi connectivity index (χ2v) is 7.18. The Labute approximate surface area is 144 Å². The molecule has 0 unspecified atom stereocenters. The Morgan fingerprint density at radius 3 is 2.43 bits per heavy atom. The zero-order valence-electron chi connectivity index (χ0n) is 12.7. The number of amides is 1. The van der Waals surface area contributed by atoms with E-state index >= 15 is 0 Å². The van der Waals surface area contributed by atoms with Crippen LogP contribution in [0.25, 0.3) is 0 Å². The largest absolute Gasteiger partial charge is 0.342 e. The van der Waals surface area contributed by atoms with Crippen LogP contribution in [0.4, 0.5) is 0 Å². The third-order valence-corrected chi connectivity index (χ3v) is 5.39. The lowest BCUT2D eigenvalue weighted by atomic mass is 9.91. The molecule has 0 spiro atoms. The summed E-state index contributed by atoms with van der Waals surface area (Å²) in [5.74, 6) is 0.396. The number of rotatable bonds is 4. The lowest BCUT2D eigenvalue weighted by Crippen LogP contribution is -2.40. The fourth-order valence-electron chi connectivity index (χ4n) is 2.90. The van der Waals surface area contributed by atoms with Gasteiger partial charge >= 0.3 is 0 Å². The maximum absolute atomic E-state index is 12.4. The van der Waals surface area contributed by atoms with E-state index in [9.17, 15) is 9.59 Å². The van der Waals surface area contributed by atoms with E-state index in [1.807, 2.05) is 34.5 Å². The van der Waals surface area contributed by atoms with E-state index in [-0.39, 0.29) is 17.6 Å². The number of hydrogen-bond donors (Lipinski definition) is 0. The molecular formula is C18H18ClNO2S. The molecule has 3 nitrogen and oxygen atoms in total. The SMILES string of the molecule is O=C(c1cccs1)C1CCN(C(=O)Cc2ccc(Cl)cc2)CC1. The molecule has 0 bridgehead atoms. The molecule has 5 heteroatoms. The summed E-state index contributed by atoms with van der Waals surface area (Å²) in [5.41, 5.74) is 0.969. The molecule has 0 saturated carbocycles. The third kappa shape index (κ3) is 4.01. The minimum absolute atomic E-state index is 0.0493. The Morgan fingerprint density at radius 1 is 1.13 bits per heavy atom. The number of benzene rings is 1. The molecule has 2 aromatic rings. The van der Waals surface area contributed by atoms with Crippen LogP contribution in [0.3, 0.4) is 0 Å². The van der Waals surface area contributed by atoms with Gasteiger partial charge in [-0.2, -0.15) is 0 Å². The summed E-state index contributed by atoms with van der Waals surface area (Å²) in [6.45, 7) is 1.32. The second-order valence-electron chi connectivity index (χ2n) is 5.80. The van der Waals surface area contributed by atoms with Gasteiger partial charge in [0.25, 0.3) is 0 Å². The summed E-state index contributed by atoms with van der Waals surface area (Å²) in [5, 5.41) is 2.60. The van der Waals surface area contributed by atoms with Crippen LogP contribution in [-0.4, -0.2) is 29.7 Å². The third-order valence-electron chi connectivity index (χ3n) is 4.25. The molecule has 1 amide bonds. The van der Waals surface area contributed by atoms with Gasteiger partial charge in [0.15, 0.2) is 5.78 Å². The van der Waals surface area contributed by atoms with Crippen LogP contribution in [-0.2, 0) is 11.2 Å². The van der Waals surface area contributed by atoms with Gasteiger partial charge in [0, 0.05) is 24.0 Å². The highest BCUT2D eigenvalue weighted by molar-refractivity contribution is 7.12. The van der Waals surface area contributed by atoms with Gasteiger partial charge in [-0.05, 0) is 42.0 Å². The minimum atomic E-state index is 0.0493. The molecule has 1 aromatic heterocycles. The number of piperidine rings is 1. The Kier molecular flexibility index (Phi) is 5.13. The highest BCUT2D eigenvalue weighted by Crippen LogP contribution is 2.24. The van der Waals surface area contributed by atoms with Crippen LogP contribution >= 0.6 is 22.9 Å². The fourth-order valence-corrected chi connectivity index (χ4v) is 3.77. The molecule has 1 fully saturated rings. The van der Waals surface area contributed by atoms with E-state index in [1.54, 1.807) is 12.1 Å². The van der Waals surface area contributed by atoms with E-state index in [4.69, 9.17) is 11.6 Å². The highest BCUT2D eigenvalue weighted by atomic mass is 35.5. The average molecular weight is 348 g/mol. The summed E-state index contributed by atoms with van der Waals surface area (Å²) in [4.78, 5) is 27.4. The number of likely N-dealkylation sites (tertiary alicyclic amines) is 1. The van der Waals surface area contributed by atoms with Gasteiger partial charge in [-0.15, -0.1) is 11.3 Å². The Bertz CT molecular complexity index is 674. The number of hydrogen-bond acceptors (Lipinski definition) is 3. The fraction of sp³-hybridized carbons (Fsp3) is 0.333.